The maximum absolute atomic E-state index is 5.28. The van der Waals surface area contributed by atoms with Gasteiger partial charge in [-0.2, -0.15) is 4.98 Å². The highest BCUT2D eigenvalue weighted by Gasteiger charge is 2.19. The standard InChI is InChI=1S/C20H18N4OS/c1-13(19-21-14(2)24-25-19)26-20-22-17(15-9-5-3-6-10-15)18(23-20)16-11-7-4-8-12-16/h3-13H,1-2H3,(H,22,23). The Hall–Kier alpha value is -2.86. The monoisotopic (exact) mass is 362 g/mol. The highest BCUT2D eigenvalue weighted by molar-refractivity contribution is 7.99. The molecule has 0 saturated heterocycles. The number of thioether (sulfide) groups is 1. The van der Waals surface area contributed by atoms with Crippen LogP contribution in [0.5, 0.6) is 0 Å². The second-order valence-corrected chi connectivity index (χ2v) is 7.27. The number of nitrogens with zero attached hydrogens (tertiary/aromatic N) is 3. The molecule has 2 aromatic heterocycles. The summed E-state index contributed by atoms with van der Waals surface area (Å²) in [6, 6.07) is 20.4. The largest absolute Gasteiger partial charge is 0.338 e. The smallest absolute Gasteiger partial charge is 0.239 e. The first-order valence-corrected chi connectivity index (χ1v) is 9.26. The predicted molar refractivity (Wildman–Crippen MR) is 103 cm³/mol. The van der Waals surface area contributed by atoms with E-state index in [-0.39, 0.29) is 5.25 Å². The number of benzene rings is 2. The average molecular weight is 362 g/mol. The highest BCUT2D eigenvalue weighted by atomic mass is 32.2. The summed E-state index contributed by atoms with van der Waals surface area (Å²) in [5.74, 6) is 1.24. The lowest BCUT2D eigenvalue weighted by atomic mass is 10.1. The van der Waals surface area contributed by atoms with Gasteiger partial charge >= 0.3 is 0 Å². The van der Waals surface area contributed by atoms with Crippen molar-refractivity contribution in [2.24, 2.45) is 0 Å². The number of hydrogen-bond donors (Lipinski definition) is 1. The maximum Gasteiger partial charge on any atom is 0.239 e. The molecule has 2 heterocycles. The quantitative estimate of drug-likeness (QED) is 0.489. The van der Waals surface area contributed by atoms with Gasteiger partial charge in [0.25, 0.3) is 0 Å². The molecule has 0 amide bonds. The van der Waals surface area contributed by atoms with Crippen molar-refractivity contribution in [2.75, 3.05) is 0 Å². The average Bonchev–Trinajstić information content (AvgIpc) is 3.30. The molecule has 130 valence electrons. The summed E-state index contributed by atoms with van der Waals surface area (Å²) in [5.41, 5.74) is 4.13. The van der Waals surface area contributed by atoms with Crippen molar-refractivity contribution in [3.8, 4) is 22.5 Å². The Balaban J connectivity index is 1.71. The molecule has 0 saturated carbocycles. The molecular weight excluding hydrogens is 344 g/mol. The Kier molecular flexibility index (Phi) is 4.58. The second-order valence-electron chi connectivity index (χ2n) is 5.94. The molecule has 0 aliphatic carbocycles. The van der Waals surface area contributed by atoms with Gasteiger partial charge in [-0.25, -0.2) is 4.98 Å². The van der Waals surface area contributed by atoms with E-state index in [1.165, 1.54) is 0 Å². The predicted octanol–water partition coefficient (Wildman–Crippen LogP) is 5.29. The highest BCUT2D eigenvalue weighted by Crippen LogP contribution is 2.37. The van der Waals surface area contributed by atoms with E-state index in [1.54, 1.807) is 11.8 Å². The van der Waals surface area contributed by atoms with Gasteiger partial charge in [0, 0.05) is 11.1 Å². The molecule has 4 aromatic rings. The minimum Gasteiger partial charge on any atom is -0.338 e. The van der Waals surface area contributed by atoms with Crippen LogP contribution in [0.15, 0.2) is 70.3 Å². The van der Waals surface area contributed by atoms with Gasteiger partial charge in [0.2, 0.25) is 5.89 Å². The number of nitrogens with one attached hydrogen (secondary N) is 1. The molecule has 1 unspecified atom stereocenters. The zero-order chi connectivity index (χ0) is 17.9. The third-order valence-corrected chi connectivity index (χ3v) is 4.94. The molecule has 0 aliphatic rings. The molecule has 26 heavy (non-hydrogen) atoms. The number of imidazole rings is 1. The first kappa shape index (κ1) is 16.6. The third-order valence-electron chi connectivity index (χ3n) is 3.97. The van der Waals surface area contributed by atoms with E-state index in [1.807, 2.05) is 50.2 Å². The van der Waals surface area contributed by atoms with Crippen molar-refractivity contribution >= 4 is 11.8 Å². The number of hydrogen-bond acceptors (Lipinski definition) is 5. The minimum atomic E-state index is 0.00889. The Bertz CT molecular complexity index is 938. The zero-order valence-electron chi connectivity index (χ0n) is 14.5. The lowest BCUT2D eigenvalue weighted by Gasteiger charge is -2.03. The number of aromatic amines is 1. The number of aromatic nitrogens is 4. The summed E-state index contributed by atoms with van der Waals surface area (Å²) in [6.45, 7) is 3.85. The van der Waals surface area contributed by atoms with Crippen molar-refractivity contribution in [3.63, 3.8) is 0 Å². The number of H-pyrrole nitrogens is 1. The van der Waals surface area contributed by atoms with Crippen LogP contribution in [0.4, 0.5) is 0 Å². The molecule has 1 atom stereocenters. The summed E-state index contributed by atoms with van der Waals surface area (Å²) in [6.07, 6.45) is 0. The molecule has 0 bridgehead atoms. The molecule has 0 spiro atoms. The molecule has 1 N–H and O–H groups in total. The SMILES string of the molecule is Cc1noc(C(C)Sc2nc(-c3ccccc3)c(-c3ccccc3)[nH]2)n1. The van der Waals surface area contributed by atoms with Crippen LogP contribution in [0.1, 0.15) is 23.9 Å². The van der Waals surface area contributed by atoms with Crippen LogP contribution in [-0.4, -0.2) is 20.1 Å². The Morgan fingerprint density at radius 2 is 1.58 bits per heavy atom. The van der Waals surface area contributed by atoms with Crippen LogP contribution < -0.4 is 0 Å². The lowest BCUT2D eigenvalue weighted by Crippen LogP contribution is -1.89. The van der Waals surface area contributed by atoms with Crippen molar-refractivity contribution in [1.29, 1.82) is 0 Å². The zero-order valence-corrected chi connectivity index (χ0v) is 15.3. The second kappa shape index (κ2) is 7.17. The van der Waals surface area contributed by atoms with Gasteiger partial charge in [-0.15, -0.1) is 0 Å². The van der Waals surface area contributed by atoms with Crippen LogP contribution in [0.3, 0.4) is 0 Å². The van der Waals surface area contributed by atoms with Gasteiger partial charge in [-0.1, -0.05) is 77.6 Å². The van der Waals surface area contributed by atoms with E-state index in [2.05, 4.69) is 39.4 Å². The molecule has 5 nitrogen and oxygen atoms in total. The van der Waals surface area contributed by atoms with Crippen LogP contribution >= 0.6 is 11.8 Å². The number of aryl methyl sites for hydroxylation is 1. The Morgan fingerprint density at radius 1 is 0.923 bits per heavy atom. The third kappa shape index (κ3) is 3.41. The molecule has 4 rings (SSSR count). The maximum atomic E-state index is 5.28. The Labute approximate surface area is 155 Å². The molecule has 0 radical (unpaired) electrons. The minimum absolute atomic E-state index is 0.00889. The number of rotatable bonds is 5. The fourth-order valence-electron chi connectivity index (χ4n) is 2.72. The molecule has 0 fully saturated rings. The van der Waals surface area contributed by atoms with Crippen LogP contribution in [-0.2, 0) is 0 Å². The first-order valence-electron chi connectivity index (χ1n) is 8.38. The van der Waals surface area contributed by atoms with E-state index in [0.717, 1.165) is 27.7 Å². The van der Waals surface area contributed by atoms with Crippen molar-refractivity contribution in [1.82, 2.24) is 20.1 Å². The van der Waals surface area contributed by atoms with Gasteiger partial charge in [0.05, 0.1) is 16.6 Å². The Morgan fingerprint density at radius 3 is 2.19 bits per heavy atom. The van der Waals surface area contributed by atoms with Gasteiger partial charge < -0.3 is 9.51 Å². The first-order chi connectivity index (χ1) is 12.7. The molecule has 2 aromatic carbocycles. The fraction of sp³-hybridized carbons (Fsp3) is 0.150. The van der Waals surface area contributed by atoms with Gasteiger partial charge in [0.1, 0.15) is 0 Å². The van der Waals surface area contributed by atoms with E-state index < -0.39 is 0 Å². The lowest BCUT2D eigenvalue weighted by molar-refractivity contribution is 0.376. The summed E-state index contributed by atoms with van der Waals surface area (Å²) >= 11 is 1.57. The van der Waals surface area contributed by atoms with Crippen molar-refractivity contribution in [2.45, 2.75) is 24.3 Å². The van der Waals surface area contributed by atoms with E-state index in [0.29, 0.717) is 11.7 Å². The van der Waals surface area contributed by atoms with Crippen LogP contribution in [0.25, 0.3) is 22.5 Å². The summed E-state index contributed by atoms with van der Waals surface area (Å²) in [4.78, 5) is 12.6. The normalized spacial score (nSPS) is 12.2. The summed E-state index contributed by atoms with van der Waals surface area (Å²) in [7, 11) is 0. The fourth-order valence-corrected chi connectivity index (χ4v) is 3.56. The van der Waals surface area contributed by atoms with E-state index >= 15 is 0 Å². The topological polar surface area (TPSA) is 67.6 Å². The van der Waals surface area contributed by atoms with Crippen molar-refractivity contribution < 1.29 is 4.52 Å². The van der Waals surface area contributed by atoms with E-state index in [9.17, 15) is 0 Å². The molecular formula is C20H18N4OS. The molecule has 6 heteroatoms. The van der Waals surface area contributed by atoms with E-state index in [4.69, 9.17) is 9.51 Å². The summed E-state index contributed by atoms with van der Waals surface area (Å²) < 4.78 is 5.28. The van der Waals surface area contributed by atoms with Gasteiger partial charge in [-0.3, -0.25) is 0 Å². The van der Waals surface area contributed by atoms with Crippen LogP contribution in [0, 0.1) is 6.92 Å². The molecule has 0 aliphatic heterocycles. The summed E-state index contributed by atoms with van der Waals surface area (Å²) in [5, 5.41) is 4.70. The van der Waals surface area contributed by atoms with Crippen molar-refractivity contribution in [3.05, 3.63) is 72.4 Å². The van der Waals surface area contributed by atoms with Crippen LogP contribution in [0.2, 0.25) is 0 Å². The van der Waals surface area contributed by atoms with Gasteiger partial charge in [0.15, 0.2) is 11.0 Å². The van der Waals surface area contributed by atoms with Gasteiger partial charge in [-0.05, 0) is 13.8 Å².